The molecule has 52 heavy (non-hydrogen) atoms. The van der Waals surface area contributed by atoms with Crippen molar-refractivity contribution in [2.24, 2.45) is 11.8 Å². The minimum Gasteiger partial charge on any atom is -0.379 e. The van der Waals surface area contributed by atoms with Crippen molar-refractivity contribution >= 4 is 30.4 Å². The summed E-state index contributed by atoms with van der Waals surface area (Å²) in [6.07, 6.45) is 4.30. The van der Waals surface area contributed by atoms with Gasteiger partial charge in [0.15, 0.2) is 5.78 Å². The van der Waals surface area contributed by atoms with E-state index < -0.39 is 23.7 Å². The largest absolute Gasteiger partial charge is 0.379 e. The van der Waals surface area contributed by atoms with Crippen molar-refractivity contribution < 1.29 is 33.4 Å². The van der Waals surface area contributed by atoms with Crippen LogP contribution in [0.4, 0.5) is 0 Å². The molecule has 2 aromatic carbocycles. The van der Waals surface area contributed by atoms with Gasteiger partial charge in [-0.2, -0.15) is 0 Å². The van der Waals surface area contributed by atoms with Gasteiger partial charge in [-0.3, -0.25) is 24.0 Å². The molecular weight excluding hydrogens is 660 g/mol. The number of amides is 4. The maximum absolute atomic E-state index is 12.7. The first kappa shape index (κ1) is 45.9. The predicted molar refractivity (Wildman–Crippen MR) is 205 cm³/mol. The molecule has 3 rings (SSSR count). The lowest BCUT2D eigenvalue weighted by Gasteiger charge is -2.24. The van der Waals surface area contributed by atoms with E-state index in [2.05, 4.69) is 35.1 Å². The summed E-state index contributed by atoms with van der Waals surface area (Å²) in [5, 5.41) is 10.9. The molecule has 1 saturated heterocycles. The summed E-state index contributed by atoms with van der Waals surface area (Å²) in [6.45, 7) is 18.4. The highest BCUT2D eigenvalue weighted by Gasteiger charge is 2.50. The van der Waals surface area contributed by atoms with Crippen LogP contribution in [0.25, 0.3) is 0 Å². The van der Waals surface area contributed by atoms with Gasteiger partial charge in [0.2, 0.25) is 24.6 Å². The predicted octanol–water partition coefficient (Wildman–Crippen LogP) is 4.95. The zero-order valence-corrected chi connectivity index (χ0v) is 33.0. The Balaban J connectivity index is 0.000000455. The maximum atomic E-state index is 12.7. The number of Topliss-reactive ketones (excluding diaryl/α,β-unsaturated/α-hetero) is 1. The number of methoxy groups -OCH3 is 1. The lowest BCUT2D eigenvalue weighted by molar-refractivity contribution is -0.132. The lowest BCUT2D eigenvalue weighted by atomic mass is 9.93. The molecule has 0 saturated carbocycles. The first-order chi connectivity index (χ1) is 24.4. The number of carbonyl (C=O) groups is 5. The van der Waals surface area contributed by atoms with Crippen LogP contribution in [0.1, 0.15) is 92.7 Å². The summed E-state index contributed by atoms with van der Waals surface area (Å²) in [4.78, 5) is 59.1. The van der Waals surface area contributed by atoms with E-state index >= 15 is 0 Å². The van der Waals surface area contributed by atoms with Gasteiger partial charge in [0.1, 0.15) is 17.7 Å². The van der Waals surface area contributed by atoms with Crippen molar-refractivity contribution in [3.05, 3.63) is 71.8 Å². The number of hydrogen-bond donors (Lipinski definition) is 4. The molecule has 0 spiro atoms. The molecule has 1 heterocycles. The van der Waals surface area contributed by atoms with Crippen LogP contribution in [0.3, 0.4) is 0 Å². The molecule has 1 fully saturated rings. The zero-order valence-electron chi connectivity index (χ0n) is 33.0. The normalized spacial score (nSPS) is 17.1. The fourth-order valence-electron chi connectivity index (χ4n) is 5.19. The molecule has 0 aliphatic carbocycles. The van der Waals surface area contributed by atoms with Crippen molar-refractivity contribution in [2.75, 3.05) is 13.7 Å². The number of benzene rings is 2. The standard InChI is InChI=1S/C19H26N2O4.C17H26N2O2.C5H12O/c1-13(2)9-15(17(23)19(3)11-25-19)21-18(24)16(20-12-22)10-14-7-5-4-6-8-14;1-13(2)11-14(3)19-17(21)16(18-12-20)10-9-15-7-5-4-6-8-15;1-5(2,3)6-4/h4-8,12-13,15-16H,9-11H2,1-3H3,(H,20,22)(H,21,24);4-8,12-14,16H,9-11H2,1-3H3,(H,18,20)(H,19,21);1-4H3/t15-,16+,19?;14?,16-;/m10./s1. The molecule has 0 radical (unpaired) electrons. The molecular formula is C41H64N4O7. The molecule has 4 N–H and O–H groups in total. The summed E-state index contributed by atoms with van der Waals surface area (Å²) in [5.74, 6) is 0.190. The highest BCUT2D eigenvalue weighted by Crippen LogP contribution is 2.29. The number of aryl methyl sites for hydroxylation is 1. The van der Waals surface area contributed by atoms with Gasteiger partial charge in [0, 0.05) is 19.6 Å². The second-order valence-corrected chi connectivity index (χ2v) is 15.3. The van der Waals surface area contributed by atoms with Gasteiger partial charge >= 0.3 is 0 Å². The summed E-state index contributed by atoms with van der Waals surface area (Å²) in [5.41, 5.74) is 1.35. The Kier molecular flexibility index (Phi) is 20.7. The van der Waals surface area contributed by atoms with Gasteiger partial charge < -0.3 is 30.7 Å². The third-order valence-corrected chi connectivity index (χ3v) is 8.28. The van der Waals surface area contributed by atoms with E-state index in [0.29, 0.717) is 44.6 Å². The Morgan fingerprint density at radius 1 is 0.769 bits per heavy atom. The number of ether oxygens (including phenoxy) is 2. The van der Waals surface area contributed by atoms with Gasteiger partial charge in [-0.05, 0) is 83.3 Å². The minimum absolute atomic E-state index is 0.0417. The van der Waals surface area contributed by atoms with E-state index in [-0.39, 0.29) is 35.2 Å². The van der Waals surface area contributed by atoms with Crippen LogP contribution in [0.15, 0.2) is 60.7 Å². The molecule has 2 aromatic rings. The molecule has 4 amide bonds. The summed E-state index contributed by atoms with van der Waals surface area (Å²) >= 11 is 0. The van der Waals surface area contributed by atoms with Crippen LogP contribution < -0.4 is 21.3 Å². The Labute approximate surface area is 311 Å². The smallest absolute Gasteiger partial charge is 0.243 e. The van der Waals surface area contributed by atoms with E-state index in [1.807, 2.05) is 102 Å². The molecule has 11 heteroatoms. The molecule has 1 aliphatic rings. The first-order valence-corrected chi connectivity index (χ1v) is 18.3. The summed E-state index contributed by atoms with van der Waals surface area (Å²) < 4.78 is 10.2. The summed E-state index contributed by atoms with van der Waals surface area (Å²) in [6, 6.07) is 17.7. The van der Waals surface area contributed by atoms with Crippen molar-refractivity contribution in [3.63, 3.8) is 0 Å². The third-order valence-electron chi connectivity index (χ3n) is 8.28. The van der Waals surface area contributed by atoms with Crippen molar-refractivity contribution in [3.8, 4) is 0 Å². The molecule has 0 bridgehead atoms. The lowest BCUT2D eigenvalue weighted by Crippen LogP contribution is -2.53. The Bertz CT molecular complexity index is 1340. The number of carbonyl (C=O) groups excluding carboxylic acids is 5. The number of nitrogens with one attached hydrogen (secondary N) is 4. The van der Waals surface area contributed by atoms with Gasteiger partial charge in [-0.15, -0.1) is 0 Å². The number of rotatable bonds is 19. The monoisotopic (exact) mass is 724 g/mol. The Hall–Kier alpha value is -4.09. The van der Waals surface area contributed by atoms with Crippen LogP contribution >= 0.6 is 0 Å². The third kappa shape index (κ3) is 19.5. The highest BCUT2D eigenvalue weighted by atomic mass is 16.6. The van der Waals surface area contributed by atoms with Crippen LogP contribution in [-0.2, 0) is 46.3 Å². The zero-order chi connectivity index (χ0) is 39.3. The average molecular weight is 725 g/mol. The van der Waals surface area contributed by atoms with Gasteiger partial charge in [-0.25, -0.2) is 0 Å². The number of ketones is 1. The van der Waals surface area contributed by atoms with E-state index in [9.17, 15) is 24.0 Å². The van der Waals surface area contributed by atoms with Crippen LogP contribution in [0.2, 0.25) is 0 Å². The maximum Gasteiger partial charge on any atom is 0.243 e. The average Bonchev–Trinajstić information content (AvgIpc) is 3.84. The van der Waals surface area contributed by atoms with Crippen LogP contribution in [-0.4, -0.2) is 79.5 Å². The second-order valence-electron chi connectivity index (χ2n) is 15.3. The van der Waals surface area contributed by atoms with Crippen LogP contribution in [0.5, 0.6) is 0 Å². The first-order valence-electron chi connectivity index (χ1n) is 18.3. The topological polar surface area (TPSA) is 155 Å². The van der Waals surface area contributed by atoms with E-state index in [0.717, 1.165) is 18.4 Å². The van der Waals surface area contributed by atoms with Gasteiger partial charge in [-0.1, -0.05) is 88.4 Å². The fourth-order valence-corrected chi connectivity index (χ4v) is 5.19. The second kappa shape index (κ2) is 23.5. The molecule has 11 nitrogen and oxygen atoms in total. The SMILES string of the molecule is CC(C)CC(C)NC(=O)[C@H](CCc1ccccc1)NC=O.CC(C)C[C@@H](NC(=O)[C@H](Cc1ccccc1)NC=O)C(=O)C1(C)CO1.COC(C)(C)C. The quantitative estimate of drug-likeness (QED) is 0.118. The highest BCUT2D eigenvalue weighted by molar-refractivity contribution is 5.97. The van der Waals surface area contributed by atoms with Gasteiger partial charge in [0.05, 0.1) is 18.2 Å². The minimum atomic E-state index is -0.792. The van der Waals surface area contributed by atoms with Crippen molar-refractivity contribution in [2.45, 2.75) is 130 Å². The molecule has 0 aromatic heterocycles. The number of epoxide rings is 1. The van der Waals surface area contributed by atoms with Crippen molar-refractivity contribution in [1.29, 1.82) is 0 Å². The molecule has 290 valence electrons. The summed E-state index contributed by atoms with van der Waals surface area (Å²) in [7, 11) is 1.71. The Morgan fingerprint density at radius 3 is 1.67 bits per heavy atom. The van der Waals surface area contributed by atoms with E-state index in [4.69, 9.17) is 9.47 Å². The van der Waals surface area contributed by atoms with E-state index in [1.165, 1.54) is 5.56 Å². The molecule has 5 atom stereocenters. The molecule has 1 aliphatic heterocycles. The van der Waals surface area contributed by atoms with Gasteiger partial charge in [0.25, 0.3) is 0 Å². The van der Waals surface area contributed by atoms with Crippen LogP contribution in [0, 0.1) is 11.8 Å². The number of hydrogen-bond acceptors (Lipinski definition) is 7. The van der Waals surface area contributed by atoms with Crippen molar-refractivity contribution in [1.82, 2.24) is 21.3 Å². The Morgan fingerprint density at radius 2 is 1.23 bits per heavy atom. The fraction of sp³-hybridized carbons (Fsp3) is 0.585. The van der Waals surface area contributed by atoms with E-state index in [1.54, 1.807) is 14.0 Å². The molecule has 2 unspecified atom stereocenters.